The molecular weight excluding hydrogens is 472 g/mol. The Labute approximate surface area is 247 Å². The van der Waals surface area contributed by atoms with Crippen molar-refractivity contribution in [3.63, 3.8) is 0 Å². The zero-order valence-electron chi connectivity index (χ0n) is 24.0. The molecule has 0 fully saturated rings. The molecule has 0 spiro atoms. The topological polar surface area (TPSA) is 35.0 Å². The van der Waals surface area contributed by atoms with E-state index in [1.807, 2.05) is 30.3 Å². The average Bonchev–Trinajstić information content (AvgIpc) is 2.80. The van der Waals surface area contributed by atoms with Crippen molar-refractivity contribution in [1.29, 1.82) is 0 Å². The van der Waals surface area contributed by atoms with Gasteiger partial charge in [0.1, 0.15) is 6.54 Å². The van der Waals surface area contributed by atoms with Crippen LogP contribution in [0.5, 0.6) is 0 Å². The van der Waals surface area contributed by atoms with Crippen LogP contribution in [0.4, 0.5) is 0 Å². The molecule has 0 saturated carbocycles. The Kier molecular flexibility index (Phi) is 30.2. The Bertz CT molecular complexity index is 664. The zero-order chi connectivity index (χ0) is 24.0. The van der Waals surface area contributed by atoms with Crippen molar-refractivity contribution in [3.05, 3.63) is 78.7 Å². The smallest absolute Gasteiger partial charge is 1.00 e. The van der Waals surface area contributed by atoms with Crippen LogP contribution in [0.3, 0.4) is 0 Å². The molecule has 4 heteroatoms. The van der Waals surface area contributed by atoms with E-state index in [9.17, 15) is 0 Å². The Hall–Kier alpha value is -0.714. The normalized spacial score (nSPS) is 10.2. The van der Waals surface area contributed by atoms with E-state index < -0.39 is 0 Å². The Morgan fingerprint density at radius 2 is 0.944 bits per heavy atom. The van der Waals surface area contributed by atoms with Gasteiger partial charge in [-0.15, -0.1) is 12.1 Å². The molecule has 0 heterocycles. The third kappa shape index (κ3) is 25.0. The molecule has 0 aliphatic heterocycles. The number of hydrogen-bond acceptors (Lipinski definition) is 1. The largest absolute Gasteiger partial charge is 2.00 e. The molecule has 2 aromatic carbocycles. The van der Waals surface area contributed by atoms with Crippen LogP contribution in [-0.4, -0.2) is 48.2 Å². The fourth-order valence-electron chi connectivity index (χ4n) is 4.37. The molecule has 0 saturated heterocycles. The first-order valence-corrected chi connectivity index (χ1v) is 13.8. The third-order valence-electron chi connectivity index (χ3n) is 6.41. The first-order chi connectivity index (χ1) is 16.0. The molecule has 0 unspecified atom stereocenters. The van der Waals surface area contributed by atoms with Crippen molar-refractivity contribution in [3.8, 4) is 0 Å². The van der Waals surface area contributed by atoms with E-state index in [0.717, 1.165) is 16.6 Å². The van der Waals surface area contributed by atoms with E-state index in [0.29, 0.717) is 0 Å². The molecule has 3 N–H and O–H groups in total. The van der Waals surface area contributed by atoms with Crippen LogP contribution in [0, 0.1) is 6.92 Å². The van der Waals surface area contributed by atoms with Crippen LogP contribution in [0.1, 0.15) is 108 Å². The second-order valence-corrected chi connectivity index (χ2v) is 10.4. The van der Waals surface area contributed by atoms with Gasteiger partial charge in [0.2, 0.25) is 0 Å². The molecule has 0 bridgehead atoms. The van der Waals surface area contributed by atoms with Crippen LogP contribution < -0.4 is 18.6 Å². The molecule has 2 nitrogen and oxygen atoms in total. The molecule has 202 valence electrons. The first-order valence-electron chi connectivity index (χ1n) is 13.8. The maximum absolute atomic E-state index is 3.72. The van der Waals surface area contributed by atoms with Gasteiger partial charge < -0.3 is 23.0 Å². The van der Waals surface area contributed by atoms with Crippen LogP contribution >= 0.6 is 0 Å². The number of halogens is 1. The number of rotatable bonds is 17. The van der Waals surface area contributed by atoms with Crippen molar-refractivity contribution in [1.82, 2.24) is 6.15 Å². The number of unbranched alkanes of at least 4 members (excludes halogenated alkanes) is 13. The monoisotopic (exact) mass is 527 g/mol. The van der Waals surface area contributed by atoms with Crippen LogP contribution in [0.2, 0.25) is 0 Å². The predicted molar refractivity (Wildman–Crippen MR) is 159 cm³/mol. The SMILES string of the molecule is CCCCCCCCCCCCCCCC[N+](C)(C)Cc1ccccc1.N.[CH2-]c1ccccc1.[Cl-].[Mg+2]. The van der Waals surface area contributed by atoms with Crippen molar-refractivity contribution in [2.24, 2.45) is 0 Å². The predicted octanol–water partition coefficient (Wildman–Crippen LogP) is 6.40. The Morgan fingerprint density at radius 3 is 1.31 bits per heavy atom. The van der Waals surface area contributed by atoms with Crippen molar-refractivity contribution in [2.45, 2.75) is 103 Å². The summed E-state index contributed by atoms with van der Waals surface area (Å²) < 4.78 is 1.11. The summed E-state index contributed by atoms with van der Waals surface area (Å²) in [5.41, 5.74) is 2.53. The summed E-state index contributed by atoms with van der Waals surface area (Å²) in [6.45, 7) is 8.47. The average molecular weight is 529 g/mol. The fraction of sp³-hybridized carbons (Fsp3) is 0.594. The second kappa shape index (κ2) is 27.3. The van der Waals surface area contributed by atoms with Crippen molar-refractivity contribution in [2.75, 3.05) is 20.6 Å². The van der Waals surface area contributed by atoms with E-state index in [4.69, 9.17) is 0 Å². The Balaban J connectivity index is -0.000000938. The molecule has 0 amide bonds. The van der Waals surface area contributed by atoms with Gasteiger partial charge in [-0.1, -0.05) is 120 Å². The summed E-state index contributed by atoms with van der Waals surface area (Å²) in [7, 11) is 4.74. The molecule has 0 aliphatic carbocycles. The quantitative estimate of drug-likeness (QED) is 0.110. The minimum Gasteiger partial charge on any atom is -1.00 e. The molecule has 0 aromatic heterocycles. The number of hydrogen-bond donors (Lipinski definition) is 1. The number of nitrogens with zero attached hydrogens (tertiary/aromatic N) is 1. The second-order valence-electron chi connectivity index (χ2n) is 10.4. The van der Waals surface area contributed by atoms with Crippen LogP contribution in [0.25, 0.3) is 0 Å². The Morgan fingerprint density at radius 1 is 0.583 bits per heavy atom. The summed E-state index contributed by atoms with van der Waals surface area (Å²) in [4.78, 5) is 0. The maximum atomic E-state index is 3.72. The van der Waals surface area contributed by atoms with Crippen molar-refractivity contribution >= 4 is 23.1 Å². The van der Waals surface area contributed by atoms with Gasteiger partial charge in [-0.3, -0.25) is 0 Å². The first kappa shape index (κ1) is 39.8. The number of quaternary nitrogens is 1. The van der Waals surface area contributed by atoms with E-state index in [1.165, 1.54) is 102 Å². The molecule has 2 aromatic rings. The van der Waals surface area contributed by atoms with Gasteiger partial charge in [-0.2, -0.15) is 24.6 Å². The minimum absolute atomic E-state index is 0. The molecule has 0 aliphatic rings. The molecule has 36 heavy (non-hydrogen) atoms. The van der Waals surface area contributed by atoms with Gasteiger partial charge >= 0.3 is 23.1 Å². The third-order valence-corrected chi connectivity index (χ3v) is 6.41. The van der Waals surface area contributed by atoms with Gasteiger partial charge in [0.05, 0.1) is 20.6 Å². The summed E-state index contributed by atoms with van der Waals surface area (Å²) >= 11 is 0. The van der Waals surface area contributed by atoms with Gasteiger partial charge in [-0.05, 0) is 12.8 Å². The summed E-state index contributed by atoms with van der Waals surface area (Å²) in [6, 6.07) is 20.8. The van der Waals surface area contributed by atoms with E-state index in [2.05, 4.69) is 58.3 Å². The minimum atomic E-state index is 0. The molecule has 2 rings (SSSR count). The van der Waals surface area contributed by atoms with E-state index >= 15 is 0 Å². The maximum Gasteiger partial charge on any atom is 2.00 e. The molecule has 0 atom stereocenters. The summed E-state index contributed by atoms with van der Waals surface area (Å²) in [5, 5.41) is 0. The van der Waals surface area contributed by atoms with E-state index in [-0.39, 0.29) is 41.6 Å². The summed E-state index contributed by atoms with van der Waals surface area (Å²) in [6.07, 6.45) is 20.2. The zero-order valence-corrected chi connectivity index (χ0v) is 26.2. The van der Waals surface area contributed by atoms with E-state index in [1.54, 1.807) is 0 Å². The van der Waals surface area contributed by atoms with Gasteiger partial charge in [0.15, 0.2) is 0 Å². The van der Waals surface area contributed by atoms with Crippen molar-refractivity contribution < 1.29 is 16.9 Å². The number of benzene rings is 2. The summed E-state index contributed by atoms with van der Waals surface area (Å²) in [5.74, 6) is 0. The van der Waals surface area contributed by atoms with Crippen LogP contribution in [0.15, 0.2) is 60.7 Å². The fourth-order valence-corrected chi connectivity index (χ4v) is 4.37. The molecule has 0 radical (unpaired) electrons. The van der Waals surface area contributed by atoms with Gasteiger partial charge in [-0.25, -0.2) is 0 Å². The standard InChI is InChI=1S/C25H46N.C7H7.ClH.Mg.H3N/c1-4-5-6-7-8-9-10-11-12-13-14-15-16-20-23-26(2,3)24-25-21-18-17-19-22-25;1-7-5-3-2-4-6-7;;;/h17-19,21-22H,4-16,20,23-24H2,1-3H3;2-6H,1H2;1H;;1H3/q+1;-1;;+2;/p-1. The van der Waals surface area contributed by atoms with Crippen LogP contribution in [-0.2, 0) is 6.54 Å². The van der Waals surface area contributed by atoms with Gasteiger partial charge in [0.25, 0.3) is 0 Å². The van der Waals surface area contributed by atoms with Gasteiger partial charge in [0, 0.05) is 5.56 Å². The molecular formula is C32H56ClMgN2+.